The van der Waals surface area contributed by atoms with E-state index < -0.39 is 13.3 Å². The maximum atomic E-state index is 6.40. The number of para-hydroxylation sites is 1. The fraction of sp³-hybridized carbons (Fsp3) is 0.212. The SMILES string of the molecule is CC(C)(C)c1nccc2nc(-c3[c-]ccc4c3oc3ccccc34)n(-c3ccc(-c4ccccc4)cc3)c12.CC(C)Cc1cc(-c2[c-]cccc2)nc[c]1[Ge]([CH3])([CH3])[CH3].[Ir]. The Balaban J connectivity index is 0.000000214. The van der Waals surface area contributed by atoms with E-state index in [0.29, 0.717) is 5.92 Å². The number of nitrogens with zero attached hydrogens (tertiary/aromatic N) is 4. The quantitative estimate of drug-likeness (QED) is 0.118. The molecule has 0 saturated heterocycles. The third-order valence-electron chi connectivity index (χ3n) is 10.5. The van der Waals surface area contributed by atoms with E-state index in [1.54, 1.807) is 4.40 Å². The van der Waals surface area contributed by atoms with Crippen LogP contribution in [0, 0.1) is 18.1 Å². The van der Waals surface area contributed by atoms with E-state index in [0.717, 1.165) is 73.4 Å². The third-order valence-corrected chi connectivity index (χ3v) is 14.8. The van der Waals surface area contributed by atoms with Crippen molar-refractivity contribution in [1.29, 1.82) is 0 Å². The van der Waals surface area contributed by atoms with Gasteiger partial charge in [-0.3, -0.25) is 9.97 Å². The molecule has 0 amide bonds. The fourth-order valence-electron chi connectivity index (χ4n) is 7.76. The first-order valence-corrected chi connectivity index (χ1v) is 27.5. The van der Waals surface area contributed by atoms with E-state index in [4.69, 9.17) is 19.4 Å². The second-order valence-electron chi connectivity index (χ2n) is 17.5. The number of rotatable bonds is 7. The summed E-state index contributed by atoms with van der Waals surface area (Å²) in [6, 6.07) is 50.3. The zero-order valence-electron chi connectivity index (χ0n) is 35.1. The second-order valence-corrected chi connectivity index (χ2v) is 28.1. The van der Waals surface area contributed by atoms with Crippen molar-refractivity contribution < 1.29 is 24.5 Å². The molecular formula is C52H50GeIrN4O-2. The first-order valence-electron chi connectivity index (χ1n) is 20.2. The predicted molar refractivity (Wildman–Crippen MR) is 245 cm³/mol. The van der Waals surface area contributed by atoms with Gasteiger partial charge in [-0.05, 0) is 35.4 Å². The topological polar surface area (TPSA) is 56.7 Å². The Morgan fingerprint density at radius 2 is 1.46 bits per heavy atom. The van der Waals surface area contributed by atoms with E-state index in [-0.39, 0.29) is 25.5 Å². The molecule has 0 spiro atoms. The normalized spacial score (nSPS) is 11.8. The molecular weight excluding hydrogens is 961 g/mol. The summed E-state index contributed by atoms with van der Waals surface area (Å²) in [5.74, 6) is 8.78. The summed E-state index contributed by atoms with van der Waals surface area (Å²) in [5.41, 5.74) is 12.2. The Morgan fingerprint density at radius 3 is 2.15 bits per heavy atom. The van der Waals surface area contributed by atoms with Gasteiger partial charge < -0.3 is 8.98 Å². The van der Waals surface area contributed by atoms with Crippen molar-refractivity contribution in [2.24, 2.45) is 5.92 Å². The number of pyridine rings is 2. The molecule has 5 nitrogen and oxygen atoms in total. The number of benzene rings is 5. The molecule has 0 N–H and O–H groups in total. The van der Waals surface area contributed by atoms with Crippen molar-refractivity contribution in [3.63, 3.8) is 0 Å². The standard InChI is InChI=1S/C34H26N3O.C18H24GeN.Ir/c1-34(2,3)32-30-28(20-21-35-32)36-33(27-14-9-13-26-25-12-7-8-15-29(25)38-31(26)27)37(30)24-18-16-23(17-19-24)22-10-5-4-6-11-22;1-14(2)11-16-12-18(15-9-7-6-8-10-15)20-13-17(16)19(3,4)5;/h4-13,15-21H,1-3H3;6-9,12-14H,11H2,1-5H3;/q2*-1;. The average Bonchev–Trinajstić information content (AvgIpc) is 3.80. The summed E-state index contributed by atoms with van der Waals surface area (Å²) in [4.78, 5) is 14.7. The van der Waals surface area contributed by atoms with Crippen LogP contribution in [0.5, 0.6) is 0 Å². The Hall–Kier alpha value is -5.14. The van der Waals surface area contributed by atoms with Crippen LogP contribution in [-0.2, 0) is 31.9 Å². The molecule has 0 bridgehead atoms. The molecule has 0 unspecified atom stereocenters. The molecule has 0 saturated carbocycles. The Bertz CT molecular complexity index is 2850. The van der Waals surface area contributed by atoms with Gasteiger partial charge in [0.2, 0.25) is 0 Å². The van der Waals surface area contributed by atoms with Crippen LogP contribution in [0.1, 0.15) is 45.9 Å². The van der Waals surface area contributed by atoms with Crippen molar-refractivity contribution >= 4 is 50.6 Å². The fourth-order valence-corrected chi connectivity index (χ4v) is 11.1. The minimum Gasteiger partial charge on any atom is 0 e. The molecule has 4 aromatic heterocycles. The van der Waals surface area contributed by atoms with Crippen LogP contribution in [0.3, 0.4) is 0 Å². The molecule has 299 valence electrons. The van der Waals surface area contributed by atoms with Gasteiger partial charge in [0.1, 0.15) is 5.58 Å². The monoisotopic (exact) mass is 1010 g/mol. The van der Waals surface area contributed by atoms with Gasteiger partial charge in [0.25, 0.3) is 0 Å². The summed E-state index contributed by atoms with van der Waals surface area (Å²) in [6.45, 7) is 11.1. The summed E-state index contributed by atoms with van der Waals surface area (Å²) in [5, 5.41) is 2.14. The van der Waals surface area contributed by atoms with Crippen LogP contribution < -0.4 is 4.40 Å². The van der Waals surface area contributed by atoms with E-state index in [1.165, 1.54) is 16.7 Å². The van der Waals surface area contributed by atoms with Gasteiger partial charge >= 0.3 is 126 Å². The zero-order valence-corrected chi connectivity index (χ0v) is 39.6. The summed E-state index contributed by atoms with van der Waals surface area (Å²) in [7, 11) is 0. The first kappa shape index (κ1) is 42.0. The number of imidazole rings is 1. The number of aromatic nitrogens is 4. The smallest absolute Gasteiger partial charge is 0 e. The molecule has 4 heterocycles. The van der Waals surface area contributed by atoms with E-state index in [2.05, 4.69) is 148 Å². The molecule has 9 aromatic rings. The van der Waals surface area contributed by atoms with Crippen molar-refractivity contribution in [1.82, 2.24) is 19.5 Å². The molecule has 5 aromatic carbocycles. The molecule has 0 atom stereocenters. The van der Waals surface area contributed by atoms with E-state index in [1.807, 2.05) is 60.8 Å². The largest absolute Gasteiger partial charge is 0 e. The third kappa shape index (κ3) is 8.77. The molecule has 9 rings (SSSR count). The summed E-state index contributed by atoms with van der Waals surface area (Å²) in [6.07, 6.45) is 5.13. The average molecular weight is 1010 g/mol. The van der Waals surface area contributed by atoms with Gasteiger partial charge in [0, 0.05) is 42.8 Å². The van der Waals surface area contributed by atoms with Gasteiger partial charge in [0.05, 0.1) is 28.1 Å². The van der Waals surface area contributed by atoms with E-state index >= 15 is 0 Å². The van der Waals surface area contributed by atoms with Gasteiger partial charge in [-0.2, -0.15) is 0 Å². The molecule has 59 heavy (non-hydrogen) atoms. The number of fused-ring (bicyclic) bond motifs is 4. The molecule has 0 aliphatic heterocycles. The summed E-state index contributed by atoms with van der Waals surface area (Å²) >= 11 is -1.86. The number of hydrogen-bond donors (Lipinski definition) is 0. The first-order chi connectivity index (χ1) is 27.9. The van der Waals surface area contributed by atoms with Gasteiger partial charge in [-0.1, -0.05) is 92.4 Å². The minimum atomic E-state index is -1.86. The Morgan fingerprint density at radius 1 is 0.746 bits per heavy atom. The minimum absolute atomic E-state index is 0. The molecule has 0 fully saturated rings. The van der Waals surface area contributed by atoms with Crippen LogP contribution >= 0.6 is 0 Å². The van der Waals surface area contributed by atoms with Gasteiger partial charge in [-0.25, -0.2) is 0 Å². The Labute approximate surface area is 364 Å². The maximum absolute atomic E-state index is 6.40. The number of furan rings is 1. The van der Waals surface area contributed by atoms with Crippen LogP contribution in [0.2, 0.25) is 17.3 Å². The Kier molecular flexibility index (Phi) is 12.3. The van der Waals surface area contributed by atoms with Gasteiger partial charge in [-0.15, -0.1) is 18.2 Å². The maximum Gasteiger partial charge on any atom is 0 e. The van der Waals surface area contributed by atoms with Crippen LogP contribution in [0.15, 0.2) is 144 Å². The predicted octanol–water partition coefficient (Wildman–Crippen LogP) is 13.0. The summed E-state index contributed by atoms with van der Waals surface area (Å²) < 4.78 is 10.2. The van der Waals surface area contributed by atoms with Crippen molar-refractivity contribution in [3.05, 3.63) is 163 Å². The molecule has 7 heteroatoms. The van der Waals surface area contributed by atoms with Crippen LogP contribution in [0.25, 0.3) is 72.4 Å². The van der Waals surface area contributed by atoms with Crippen LogP contribution in [-0.4, -0.2) is 32.8 Å². The van der Waals surface area contributed by atoms with Crippen molar-refractivity contribution in [2.75, 3.05) is 0 Å². The zero-order chi connectivity index (χ0) is 40.6. The van der Waals surface area contributed by atoms with Crippen molar-refractivity contribution in [2.45, 2.75) is 63.7 Å². The van der Waals surface area contributed by atoms with Crippen molar-refractivity contribution in [3.8, 4) is 39.5 Å². The molecule has 0 aliphatic carbocycles. The number of hydrogen-bond acceptors (Lipinski definition) is 4. The second kappa shape index (κ2) is 17.2. The van der Waals surface area contributed by atoms with E-state index in [9.17, 15) is 0 Å². The molecule has 1 radical (unpaired) electrons. The van der Waals surface area contributed by atoms with Gasteiger partial charge in [0.15, 0.2) is 0 Å². The van der Waals surface area contributed by atoms with Crippen LogP contribution in [0.4, 0.5) is 0 Å². The molecule has 0 aliphatic rings.